The molecule has 0 unspecified atom stereocenters. The standard InChI is InChI=1S/C10H19NOSi2/c1-13(2,3)12-14(4,5)10-6-8-11-9-7-10/h6-9H,1-5H3. The zero-order valence-corrected chi connectivity index (χ0v) is 11.7. The van der Waals surface area contributed by atoms with Gasteiger partial charge in [0.15, 0.2) is 8.32 Å². The minimum Gasteiger partial charge on any atom is -0.452 e. The highest BCUT2D eigenvalue weighted by Crippen LogP contribution is 2.13. The van der Waals surface area contributed by atoms with E-state index >= 15 is 0 Å². The van der Waals surface area contributed by atoms with Gasteiger partial charge in [0, 0.05) is 12.4 Å². The maximum Gasteiger partial charge on any atom is 0.206 e. The van der Waals surface area contributed by atoms with E-state index in [4.69, 9.17) is 4.12 Å². The molecule has 0 atom stereocenters. The largest absolute Gasteiger partial charge is 0.452 e. The summed E-state index contributed by atoms with van der Waals surface area (Å²) in [7, 11) is -3.13. The van der Waals surface area contributed by atoms with Crippen LogP contribution in [0.3, 0.4) is 0 Å². The normalized spacial score (nSPS) is 12.9. The van der Waals surface area contributed by atoms with E-state index < -0.39 is 16.6 Å². The lowest BCUT2D eigenvalue weighted by Crippen LogP contribution is -2.51. The molecule has 0 aliphatic rings. The van der Waals surface area contributed by atoms with Crippen LogP contribution in [0.25, 0.3) is 0 Å². The van der Waals surface area contributed by atoms with E-state index in [0.29, 0.717) is 0 Å². The molecule has 1 aromatic heterocycles. The Morgan fingerprint density at radius 1 is 1.00 bits per heavy atom. The first-order chi connectivity index (χ1) is 6.31. The highest BCUT2D eigenvalue weighted by atomic mass is 28.4. The molecule has 0 aliphatic heterocycles. The van der Waals surface area contributed by atoms with Gasteiger partial charge in [0.05, 0.1) is 0 Å². The lowest BCUT2D eigenvalue weighted by atomic mass is 10.5. The summed E-state index contributed by atoms with van der Waals surface area (Å²) in [6.07, 6.45) is 3.69. The average molecular weight is 225 g/mol. The zero-order chi connectivity index (χ0) is 10.8. The van der Waals surface area contributed by atoms with Gasteiger partial charge in [-0.25, -0.2) is 0 Å². The fourth-order valence-corrected chi connectivity index (χ4v) is 9.12. The van der Waals surface area contributed by atoms with Crippen molar-refractivity contribution in [1.29, 1.82) is 0 Å². The van der Waals surface area contributed by atoms with Crippen molar-refractivity contribution in [2.75, 3.05) is 0 Å². The molecular formula is C10H19NOSi2. The van der Waals surface area contributed by atoms with E-state index in [2.05, 4.69) is 49.9 Å². The molecule has 1 heterocycles. The van der Waals surface area contributed by atoms with E-state index in [9.17, 15) is 0 Å². The van der Waals surface area contributed by atoms with E-state index in [-0.39, 0.29) is 0 Å². The fourth-order valence-electron chi connectivity index (χ4n) is 1.58. The Labute approximate surface area is 88.6 Å². The number of hydrogen-bond donors (Lipinski definition) is 0. The third kappa shape index (κ3) is 3.36. The predicted octanol–water partition coefficient (Wildman–Crippen LogP) is 2.35. The van der Waals surface area contributed by atoms with Crippen LogP contribution in [0.15, 0.2) is 24.5 Å². The van der Waals surface area contributed by atoms with Crippen LogP contribution >= 0.6 is 0 Å². The summed E-state index contributed by atoms with van der Waals surface area (Å²) in [6.45, 7) is 11.2. The maximum absolute atomic E-state index is 6.26. The molecule has 0 fully saturated rings. The highest BCUT2D eigenvalue weighted by molar-refractivity contribution is 6.92. The summed E-state index contributed by atoms with van der Waals surface area (Å²) >= 11 is 0. The Morgan fingerprint density at radius 2 is 1.50 bits per heavy atom. The van der Waals surface area contributed by atoms with Crippen molar-refractivity contribution in [1.82, 2.24) is 4.98 Å². The van der Waals surface area contributed by atoms with Crippen molar-refractivity contribution in [2.45, 2.75) is 32.7 Å². The SMILES string of the molecule is C[Si](C)(C)O[Si](C)(C)c1ccncc1. The number of nitrogens with zero attached hydrogens (tertiary/aromatic N) is 1. The van der Waals surface area contributed by atoms with Crippen LogP contribution < -0.4 is 5.19 Å². The molecule has 4 heteroatoms. The van der Waals surface area contributed by atoms with Crippen LogP contribution in [-0.2, 0) is 4.12 Å². The van der Waals surface area contributed by atoms with Gasteiger partial charge in [0.1, 0.15) is 0 Å². The molecule has 0 saturated heterocycles. The minimum absolute atomic E-state index is 1.33. The number of hydrogen-bond acceptors (Lipinski definition) is 2. The third-order valence-electron chi connectivity index (χ3n) is 1.94. The van der Waals surface area contributed by atoms with Crippen LogP contribution in [0.4, 0.5) is 0 Å². The smallest absolute Gasteiger partial charge is 0.206 e. The molecule has 0 aliphatic carbocycles. The van der Waals surface area contributed by atoms with Crippen molar-refractivity contribution in [2.24, 2.45) is 0 Å². The molecule has 0 amide bonds. The summed E-state index contributed by atoms with van der Waals surface area (Å²) < 4.78 is 6.26. The molecule has 1 rings (SSSR count). The Kier molecular flexibility index (Phi) is 3.29. The third-order valence-corrected chi connectivity index (χ3v) is 8.15. The number of pyridine rings is 1. The van der Waals surface area contributed by atoms with Crippen LogP contribution in [0.5, 0.6) is 0 Å². The van der Waals surface area contributed by atoms with Crippen molar-refractivity contribution in [3.05, 3.63) is 24.5 Å². The second-order valence-electron chi connectivity index (χ2n) is 4.96. The first-order valence-corrected chi connectivity index (χ1v) is 11.2. The van der Waals surface area contributed by atoms with Gasteiger partial charge in [0.25, 0.3) is 0 Å². The van der Waals surface area contributed by atoms with Crippen molar-refractivity contribution >= 4 is 21.8 Å². The molecule has 0 bridgehead atoms. The van der Waals surface area contributed by atoms with Gasteiger partial charge >= 0.3 is 0 Å². The van der Waals surface area contributed by atoms with Crippen molar-refractivity contribution < 1.29 is 4.12 Å². The van der Waals surface area contributed by atoms with E-state index in [1.165, 1.54) is 5.19 Å². The number of aromatic nitrogens is 1. The van der Waals surface area contributed by atoms with E-state index in [0.717, 1.165) is 0 Å². The van der Waals surface area contributed by atoms with Gasteiger partial charge in [-0.1, -0.05) is 0 Å². The predicted molar refractivity (Wildman–Crippen MR) is 65.8 cm³/mol. The topological polar surface area (TPSA) is 22.1 Å². The Bertz CT molecular complexity index is 293. The van der Waals surface area contributed by atoms with Gasteiger partial charge in [-0.15, -0.1) is 0 Å². The van der Waals surface area contributed by atoms with Crippen molar-refractivity contribution in [3.63, 3.8) is 0 Å². The van der Waals surface area contributed by atoms with Gasteiger partial charge < -0.3 is 4.12 Å². The van der Waals surface area contributed by atoms with E-state index in [1.807, 2.05) is 12.4 Å². The fraction of sp³-hybridized carbons (Fsp3) is 0.500. The molecular weight excluding hydrogens is 206 g/mol. The minimum atomic E-state index is -1.69. The quantitative estimate of drug-likeness (QED) is 0.737. The summed E-state index contributed by atoms with van der Waals surface area (Å²) in [6, 6.07) is 4.15. The molecule has 0 radical (unpaired) electrons. The Hall–Kier alpha value is -0.456. The average Bonchev–Trinajstić information content (AvgIpc) is 2.01. The van der Waals surface area contributed by atoms with Crippen LogP contribution in [0.2, 0.25) is 32.7 Å². The Morgan fingerprint density at radius 3 is 1.93 bits per heavy atom. The molecule has 0 saturated carbocycles. The van der Waals surface area contributed by atoms with Crippen LogP contribution in [0.1, 0.15) is 0 Å². The van der Waals surface area contributed by atoms with Gasteiger partial charge in [0.2, 0.25) is 8.32 Å². The van der Waals surface area contributed by atoms with Crippen LogP contribution in [-0.4, -0.2) is 21.6 Å². The van der Waals surface area contributed by atoms with E-state index in [1.54, 1.807) is 0 Å². The lowest BCUT2D eigenvalue weighted by Gasteiger charge is -2.31. The summed E-state index contributed by atoms with van der Waals surface area (Å²) in [5, 5.41) is 1.33. The second kappa shape index (κ2) is 3.96. The number of rotatable bonds is 3. The molecule has 14 heavy (non-hydrogen) atoms. The van der Waals surface area contributed by atoms with Gasteiger partial charge in [-0.05, 0) is 50.1 Å². The molecule has 2 nitrogen and oxygen atoms in total. The highest BCUT2D eigenvalue weighted by Gasteiger charge is 2.31. The Balaban J connectivity index is 2.86. The molecule has 1 aromatic rings. The van der Waals surface area contributed by atoms with Crippen molar-refractivity contribution in [3.8, 4) is 0 Å². The first-order valence-electron chi connectivity index (χ1n) is 4.92. The zero-order valence-electron chi connectivity index (χ0n) is 9.66. The monoisotopic (exact) mass is 225 g/mol. The summed E-state index contributed by atoms with van der Waals surface area (Å²) in [5.74, 6) is 0. The molecule has 78 valence electrons. The first kappa shape index (κ1) is 11.6. The molecule has 0 spiro atoms. The maximum atomic E-state index is 6.26. The molecule has 0 aromatic carbocycles. The van der Waals surface area contributed by atoms with Gasteiger partial charge in [-0.2, -0.15) is 0 Å². The van der Waals surface area contributed by atoms with Crippen LogP contribution in [0, 0.1) is 0 Å². The van der Waals surface area contributed by atoms with Gasteiger partial charge in [-0.3, -0.25) is 4.98 Å². The second-order valence-corrected chi connectivity index (χ2v) is 13.6. The summed E-state index contributed by atoms with van der Waals surface area (Å²) in [5.41, 5.74) is 0. The molecule has 0 N–H and O–H groups in total. The summed E-state index contributed by atoms with van der Waals surface area (Å²) in [4.78, 5) is 4.03. The lowest BCUT2D eigenvalue weighted by molar-refractivity contribution is 0.566.